The van der Waals surface area contributed by atoms with Crippen LogP contribution in [-0.4, -0.2) is 21.2 Å². The number of aromatic nitrogens is 3. The van der Waals surface area contributed by atoms with E-state index >= 15 is 0 Å². The highest BCUT2D eigenvalue weighted by molar-refractivity contribution is 15.0. The molecule has 3 aromatic heterocycles. The van der Waals surface area contributed by atoms with Gasteiger partial charge in [0.15, 0.2) is 0 Å². The van der Waals surface area contributed by atoms with E-state index in [0.29, 0.717) is 20.6 Å². The summed E-state index contributed by atoms with van der Waals surface area (Å²) in [4.78, 5) is 24.7. The van der Waals surface area contributed by atoms with Gasteiger partial charge in [-0.05, 0) is 102 Å². The normalized spacial score (nSPS) is 11.0. The molecule has 0 aliphatic carbocycles. The molecule has 0 aliphatic rings. The molecule has 0 fully saturated rings. The highest BCUT2D eigenvalue weighted by Gasteiger charge is 2.01. The molecule has 5 aromatic carbocycles. The van der Waals surface area contributed by atoms with Crippen LogP contribution in [0, 0.1) is 0 Å². The molecule has 8 aromatic rings. The molecule has 0 saturated carbocycles. The number of benzene rings is 5. The maximum Gasteiger partial charge on any atom is 0.150 e. The van der Waals surface area contributed by atoms with E-state index in [0.717, 1.165) is 72.8 Å². The first-order valence-corrected chi connectivity index (χ1v) is 24.3. The predicted octanol–water partition coefficient (Wildman–Crippen LogP) is 15.7. The van der Waals surface area contributed by atoms with E-state index in [1.807, 2.05) is 127 Å². The number of fused-ring (bicyclic) bond motifs is 3. The van der Waals surface area contributed by atoms with Gasteiger partial charge in [-0.2, -0.15) is 0 Å². The second-order valence-electron chi connectivity index (χ2n) is 12.2. The van der Waals surface area contributed by atoms with E-state index in [1.54, 1.807) is 6.07 Å². The van der Waals surface area contributed by atoms with Gasteiger partial charge in [0.25, 0.3) is 0 Å². The molecule has 0 saturated heterocycles. The van der Waals surface area contributed by atoms with Crippen molar-refractivity contribution >= 4 is 147 Å². The Hall–Kier alpha value is -4.45. The quantitative estimate of drug-likeness (QED) is 0.118. The van der Waals surface area contributed by atoms with Gasteiger partial charge in [-0.3, -0.25) is 4.79 Å². The average molecular weight is 1020 g/mol. The summed E-state index contributed by atoms with van der Waals surface area (Å²) in [5.74, 6) is 0. The van der Waals surface area contributed by atoms with Crippen LogP contribution in [0.1, 0.15) is 51.6 Å². The van der Waals surface area contributed by atoms with Crippen molar-refractivity contribution < 1.29 is 4.79 Å². The van der Waals surface area contributed by atoms with Crippen LogP contribution in [0.15, 0.2) is 140 Å². The van der Waals surface area contributed by atoms with Gasteiger partial charge < -0.3 is 0 Å². The first-order valence-electron chi connectivity index (χ1n) is 16.9. The van der Waals surface area contributed by atoms with E-state index in [4.69, 9.17) is 34.8 Å². The molecular formula is C47H34Cl3I2N3O. The van der Waals surface area contributed by atoms with Crippen molar-refractivity contribution in [2.24, 2.45) is 0 Å². The largest absolute Gasteiger partial charge is 0.298 e. The fourth-order valence-corrected chi connectivity index (χ4v) is 6.14. The maximum atomic E-state index is 10.8. The third kappa shape index (κ3) is 12.0. The number of halogens is 5. The monoisotopic (exact) mass is 1010 g/mol. The Morgan fingerprint density at radius 3 is 1.04 bits per heavy atom. The van der Waals surface area contributed by atoms with Crippen molar-refractivity contribution in [2.45, 2.75) is 7.43 Å². The first kappa shape index (κ1) is 42.7. The number of aldehydes is 1. The summed E-state index contributed by atoms with van der Waals surface area (Å²) in [5, 5.41) is 5.25. The lowest BCUT2D eigenvalue weighted by molar-refractivity contribution is 0.112. The molecule has 56 heavy (non-hydrogen) atoms. The lowest BCUT2D eigenvalue weighted by atomic mass is 10.1. The van der Waals surface area contributed by atoms with E-state index in [-0.39, 0.29) is 7.43 Å². The summed E-state index contributed by atoms with van der Waals surface area (Å²) in [7, 11) is 0. The van der Waals surface area contributed by atoms with Gasteiger partial charge in [-0.25, -0.2) is 15.0 Å². The molecule has 0 atom stereocenters. The topological polar surface area (TPSA) is 55.7 Å². The van der Waals surface area contributed by atoms with Crippen LogP contribution in [0.5, 0.6) is 0 Å². The fourth-order valence-electron chi connectivity index (χ4n) is 5.64. The molecule has 0 bridgehead atoms. The molecule has 278 valence electrons. The van der Waals surface area contributed by atoms with Gasteiger partial charge in [0.1, 0.15) is 6.29 Å². The summed E-state index contributed by atoms with van der Waals surface area (Å²) >= 11 is 22.4. The second-order valence-corrected chi connectivity index (χ2v) is 13.5. The Labute approximate surface area is 365 Å². The van der Waals surface area contributed by atoms with E-state index < -0.39 is 0 Å². The average Bonchev–Trinajstić information content (AvgIpc) is 3.22. The van der Waals surface area contributed by atoms with Crippen LogP contribution in [-0.2, 0) is 0 Å². The summed E-state index contributed by atoms with van der Waals surface area (Å²) in [6.07, 6.45) is 12.8. The molecule has 0 aliphatic heterocycles. The molecule has 0 radical (unpaired) electrons. The minimum Gasteiger partial charge on any atom is -0.298 e. The molecule has 0 unspecified atom stereocenters. The van der Waals surface area contributed by atoms with E-state index in [9.17, 15) is 4.79 Å². The van der Waals surface area contributed by atoms with Gasteiger partial charge in [0.05, 0.1) is 33.6 Å². The summed E-state index contributed by atoms with van der Waals surface area (Å²) in [5.41, 5.74) is 9.09. The number of carbonyl (C=O) groups is 1. The van der Waals surface area contributed by atoms with Crippen LogP contribution < -0.4 is 0 Å². The third-order valence-electron chi connectivity index (χ3n) is 8.32. The van der Waals surface area contributed by atoms with Crippen molar-refractivity contribution in [1.29, 1.82) is 0 Å². The molecule has 0 spiro atoms. The SMILES string of the molecule is C.Clc1ccc2ccc(/C=C/c3cccc(/C=C/c4ccc5ccc(Cl)cc5n4)c3)nc2c1.II.O=Cc1cccc(/C=C/c2ccc3ccc(Cl)cc3n2)c1. The highest BCUT2D eigenvalue weighted by atomic mass is 128. The van der Waals surface area contributed by atoms with Crippen molar-refractivity contribution in [2.75, 3.05) is 0 Å². The number of nitrogens with zero attached hydrogens (tertiary/aromatic N) is 3. The Kier molecular flexibility index (Phi) is 16.1. The molecule has 0 amide bonds. The zero-order chi connectivity index (χ0) is 38.6. The molecule has 8 rings (SSSR count). The molecule has 4 nitrogen and oxygen atoms in total. The molecule has 9 heteroatoms. The standard InChI is InChI=1S/C28H18Cl2N2.C18H12ClNO.CH4.I2/c29-23-10-6-21-8-14-25(31-27(21)17-23)12-4-19-2-1-3-20(16-19)5-13-26-15-9-22-7-11-24(30)18-28(22)32-26;19-16-7-5-15-6-9-17(20-18(15)11-16)8-4-13-2-1-3-14(10-13)12-21;;1-2/h1-18H;1-12H;1H4;/b12-4+,13-5+;8-4+;;. The Balaban J connectivity index is 0.000000218. The Morgan fingerprint density at radius 2 is 0.696 bits per heavy atom. The zero-order valence-corrected chi connectivity index (χ0v) is 35.5. The van der Waals surface area contributed by atoms with Crippen molar-refractivity contribution in [3.8, 4) is 0 Å². The van der Waals surface area contributed by atoms with Crippen LogP contribution in [0.4, 0.5) is 0 Å². The van der Waals surface area contributed by atoms with Crippen molar-refractivity contribution in [3.63, 3.8) is 0 Å². The number of carbonyl (C=O) groups excluding carboxylic acids is 1. The summed E-state index contributed by atoms with van der Waals surface area (Å²) in [6.45, 7) is 0. The van der Waals surface area contributed by atoms with Gasteiger partial charge in [-0.15, -0.1) is 0 Å². The van der Waals surface area contributed by atoms with Crippen LogP contribution in [0.2, 0.25) is 15.1 Å². The smallest absolute Gasteiger partial charge is 0.150 e. The molecule has 0 N–H and O–H groups in total. The van der Waals surface area contributed by atoms with E-state index in [1.165, 1.54) is 0 Å². The number of pyridine rings is 3. The lowest BCUT2D eigenvalue weighted by Crippen LogP contribution is -1.84. The summed E-state index contributed by atoms with van der Waals surface area (Å²) in [6, 6.07) is 45.0. The van der Waals surface area contributed by atoms with Crippen LogP contribution >= 0.6 is 72.0 Å². The zero-order valence-electron chi connectivity index (χ0n) is 29.0. The number of hydrogen-bond acceptors (Lipinski definition) is 4. The van der Waals surface area contributed by atoms with Crippen LogP contribution in [0.25, 0.3) is 69.2 Å². The second kappa shape index (κ2) is 21.2. The first-order chi connectivity index (χ1) is 26.9. The minimum absolute atomic E-state index is 0. The van der Waals surface area contributed by atoms with Gasteiger partial charge in [0, 0.05) is 74.0 Å². The van der Waals surface area contributed by atoms with Gasteiger partial charge >= 0.3 is 0 Å². The van der Waals surface area contributed by atoms with Crippen molar-refractivity contribution in [1.82, 2.24) is 15.0 Å². The van der Waals surface area contributed by atoms with Gasteiger partial charge in [0.2, 0.25) is 0 Å². The Bertz CT molecular complexity index is 2600. The molecule has 3 heterocycles. The van der Waals surface area contributed by atoms with Crippen molar-refractivity contribution in [3.05, 3.63) is 194 Å². The highest BCUT2D eigenvalue weighted by Crippen LogP contribution is 2.22. The molecular weight excluding hydrogens is 983 g/mol. The number of rotatable bonds is 7. The van der Waals surface area contributed by atoms with Gasteiger partial charge in [-0.1, -0.05) is 133 Å². The minimum atomic E-state index is 0. The third-order valence-corrected chi connectivity index (χ3v) is 9.03. The summed E-state index contributed by atoms with van der Waals surface area (Å²) < 4.78 is 0. The predicted molar refractivity (Wildman–Crippen MR) is 260 cm³/mol. The Morgan fingerprint density at radius 1 is 0.393 bits per heavy atom. The maximum absolute atomic E-state index is 10.8. The number of hydrogen-bond donors (Lipinski definition) is 0. The van der Waals surface area contributed by atoms with Crippen LogP contribution in [0.3, 0.4) is 0 Å². The lowest BCUT2D eigenvalue weighted by Gasteiger charge is -2.01. The fraction of sp³-hybridized carbons (Fsp3) is 0.0213. The van der Waals surface area contributed by atoms with E-state index in [2.05, 4.69) is 94.7 Å².